The molecule has 4 heteroatoms. The van der Waals surface area contributed by atoms with E-state index in [1.165, 1.54) is 5.56 Å². The Morgan fingerprint density at radius 2 is 1.22 bits per heavy atom. The molecule has 0 fully saturated rings. The number of fused-ring (bicyclic) bond motifs is 1. The van der Waals surface area contributed by atoms with Crippen LogP contribution in [0.4, 0.5) is 17.1 Å². The first-order chi connectivity index (χ1) is 17.7. The average Bonchev–Trinajstić information content (AvgIpc) is 3.52. The molecule has 0 unspecified atom stereocenters. The predicted octanol–water partition coefficient (Wildman–Crippen LogP) is 8.85. The van der Waals surface area contributed by atoms with Crippen molar-refractivity contribution in [3.05, 3.63) is 127 Å². The fourth-order valence-corrected chi connectivity index (χ4v) is 4.66. The average molecular weight is 470 g/mol. The third kappa shape index (κ3) is 3.97. The summed E-state index contributed by atoms with van der Waals surface area (Å²) in [7, 11) is 0. The summed E-state index contributed by atoms with van der Waals surface area (Å²) >= 11 is 0. The first-order valence-corrected chi connectivity index (χ1v) is 12.3. The fourth-order valence-electron chi connectivity index (χ4n) is 4.66. The number of nitrogens with zero attached hydrogens (tertiary/aromatic N) is 3. The number of hydrogen-bond acceptors (Lipinski definition) is 3. The Morgan fingerprint density at radius 1 is 0.667 bits per heavy atom. The highest BCUT2D eigenvalue weighted by Gasteiger charge is 2.19. The molecule has 0 bridgehead atoms. The number of imidazole rings is 1. The topological polar surface area (TPSA) is 33.7 Å². The van der Waals surface area contributed by atoms with Gasteiger partial charge in [-0.15, -0.1) is 0 Å². The van der Waals surface area contributed by atoms with E-state index in [4.69, 9.17) is 9.40 Å². The highest BCUT2D eigenvalue weighted by Crippen LogP contribution is 2.38. The minimum Gasteiger partial charge on any atom is -0.432 e. The Bertz CT molecular complexity index is 1540. The molecular weight excluding hydrogens is 442 g/mol. The summed E-state index contributed by atoms with van der Waals surface area (Å²) in [5.41, 5.74) is 8.73. The summed E-state index contributed by atoms with van der Waals surface area (Å²) in [5.74, 6) is 1.08. The van der Waals surface area contributed by atoms with E-state index in [-0.39, 0.29) is 0 Å². The van der Waals surface area contributed by atoms with Gasteiger partial charge in [0.2, 0.25) is 0 Å². The Balaban J connectivity index is 1.44. The van der Waals surface area contributed by atoms with Gasteiger partial charge in [-0.25, -0.2) is 0 Å². The van der Waals surface area contributed by atoms with Gasteiger partial charge in [0.1, 0.15) is 12.0 Å². The van der Waals surface area contributed by atoms with Gasteiger partial charge in [0.05, 0.1) is 5.69 Å². The molecule has 0 aliphatic carbocycles. The number of aromatic nitrogens is 2. The minimum absolute atomic E-state index is 0.488. The van der Waals surface area contributed by atoms with Crippen LogP contribution in [0.2, 0.25) is 0 Å². The minimum atomic E-state index is 0.488. The van der Waals surface area contributed by atoms with E-state index in [1.54, 1.807) is 6.26 Å². The maximum atomic E-state index is 5.67. The number of hydrogen-bond donors (Lipinski definition) is 0. The van der Waals surface area contributed by atoms with Crippen molar-refractivity contribution in [3.63, 3.8) is 0 Å². The van der Waals surface area contributed by atoms with Gasteiger partial charge in [-0.3, -0.25) is 4.40 Å². The van der Waals surface area contributed by atoms with E-state index in [1.807, 2.05) is 22.7 Å². The van der Waals surface area contributed by atoms with Crippen molar-refractivity contribution in [2.24, 2.45) is 0 Å². The summed E-state index contributed by atoms with van der Waals surface area (Å²) in [6.45, 7) is 4.42. The standard InChI is InChI=1S/C32H27N3O/c1-23(2)24-13-15-25(16-14-24)30-31(34-21-22-36-32(34)33-30)26-17-19-29(20-18-26)35(27-9-5-3-6-10-27)28-11-7-4-8-12-28/h3-23H,1-2H3. The fraction of sp³-hybridized carbons (Fsp3) is 0.0938. The summed E-state index contributed by atoms with van der Waals surface area (Å²) in [5, 5.41) is 0. The lowest BCUT2D eigenvalue weighted by atomic mass is 9.99. The Labute approximate surface area is 211 Å². The lowest BCUT2D eigenvalue weighted by molar-refractivity contribution is 0.596. The monoisotopic (exact) mass is 469 g/mol. The molecule has 4 aromatic carbocycles. The van der Waals surface area contributed by atoms with Crippen LogP contribution in [-0.2, 0) is 0 Å². The molecule has 0 N–H and O–H groups in total. The molecule has 0 saturated carbocycles. The van der Waals surface area contributed by atoms with Crippen molar-refractivity contribution in [3.8, 4) is 22.5 Å². The molecule has 0 amide bonds. The molecular formula is C32H27N3O. The number of benzene rings is 4. The van der Waals surface area contributed by atoms with E-state index in [0.717, 1.165) is 39.6 Å². The van der Waals surface area contributed by atoms with Crippen LogP contribution < -0.4 is 4.90 Å². The SMILES string of the molecule is CC(C)c1ccc(-c2nc3occn3c2-c2ccc(N(c3ccccc3)c3ccccc3)cc2)cc1. The van der Waals surface area contributed by atoms with E-state index in [0.29, 0.717) is 11.8 Å². The van der Waals surface area contributed by atoms with Gasteiger partial charge >= 0.3 is 5.84 Å². The van der Waals surface area contributed by atoms with Gasteiger partial charge in [-0.05, 0) is 47.9 Å². The van der Waals surface area contributed by atoms with Crippen LogP contribution in [0.15, 0.2) is 126 Å². The quantitative estimate of drug-likeness (QED) is 0.244. The van der Waals surface area contributed by atoms with Crippen LogP contribution in [0.3, 0.4) is 0 Å². The normalized spacial score (nSPS) is 11.3. The Hall–Kier alpha value is -4.57. The van der Waals surface area contributed by atoms with Crippen molar-refractivity contribution >= 4 is 22.9 Å². The van der Waals surface area contributed by atoms with Crippen molar-refractivity contribution in [2.75, 3.05) is 4.90 Å². The molecule has 0 radical (unpaired) electrons. The molecule has 0 aliphatic rings. The molecule has 4 nitrogen and oxygen atoms in total. The highest BCUT2D eigenvalue weighted by molar-refractivity contribution is 5.83. The van der Waals surface area contributed by atoms with E-state index in [9.17, 15) is 0 Å². The van der Waals surface area contributed by atoms with Crippen LogP contribution >= 0.6 is 0 Å². The maximum Gasteiger partial charge on any atom is 0.306 e. The van der Waals surface area contributed by atoms with Crippen molar-refractivity contribution < 1.29 is 4.42 Å². The zero-order chi connectivity index (χ0) is 24.5. The summed E-state index contributed by atoms with van der Waals surface area (Å²) in [6.07, 6.45) is 3.61. The highest BCUT2D eigenvalue weighted by atomic mass is 16.3. The van der Waals surface area contributed by atoms with Gasteiger partial charge in [-0.2, -0.15) is 4.98 Å². The van der Waals surface area contributed by atoms with Gasteiger partial charge in [0.15, 0.2) is 0 Å². The molecule has 0 spiro atoms. The van der Waals surface area contributed by atoms with Gasteiger partial charge in [0, 0.05) is 34.4 Å². The second kappa shape index (κ2) is 9.23. The number of anilines is 3. The molecule has 0 aliphatic heterocycles. The van der Waals surface area contributed by atoms with Crippen molar-refractivity contribution in [1.29, 1.82) is 0 Å². The third-order valence-corrected chi connectivity index (χ3v) is 6.54. The smallest absolute Gasteiger partial charge is 0.306 e. The number of rotatable bonds is 6. The molecule has 2 heterocycles. The molecule has 36 heavy (non-hydrogen) atoms. The number of oxazole rings is 1. The van der Waals surface area contributed by atoms with Crippen LogP contribution in [0.5, 0.6) is 0 Å². The number of para-hydroxylation sites is 2. The zero-order valence-electron chi connectivity index (χ0n) is 20.4. The largest absolute Gasteiger partial charge is 0.432 e. The molecule has 6 aromatic rings. The van der Waals surface area contributed by atoms with Crippen LogP contribution in [-0.4, -0.2) is 9.38 Å². The molecule has 6 rings (SSSR count). The zero-order valence-corrected chi connectivity index (χ0v) is 20.4. The molecule has 0 saturated heterocycles. The van der Waals surface area contributed by atoms with E-state index < -0.39 is 0 Å². The Kier molecular flexibility index (Phi) is 5.62. The van der Waals surface area contributed by atoms with Crippen molar-refractivity contribution in [1.82, 2.24) is 9.38 Å². The van der Waals surface area contributed by atoms with Crippen LogP contribution in [0, 0.1) is 0 Å². The van der Waals surface area contributed by atoms with Crippen LogP contribution in [0.1, 0.15) is 25.3 Å². The van der Waals surface area contributed by atoms with Gasteiger partial charge in [-0.1, -0.05) is 86.6 Å². The van der Waals surface area contributed by atoms with E-state index in [2.05, 4.69) is 116 Å². The first-order valence-electron chi connectivity index (χ1n) is 12.3. The van der Waals surface area contributed by atoms with Crippen LogP contribution in [0.25, 0.3) is 28.4 Å². The Morgan fingerprint density at radius 3 is 1.81 bits per heavy atom. The van der Waals surface area contributed by atoms with Crippen molar-refractivity contribution in [2.45, 2.75) is 19.8 Å². The maximum absolute atomic E-state index is 5.67. The summed E-state index contributed by atoms with van der Waals surface area (Å²) in [4.78, 5) is 7.10. The summed E-state index contributed by atoms with van der Waals surface area (Å²) < 4.78 is 7.69. The molecule has 0 atom stereocenters. The predicted molar refractivity (Wildman–Crippen MR) is 147 cm³/mol. The lowest BCUT2D eigenvalue weighted by Crippen LogP contribution is -2.09. The van der Waals surface area contributed by atoms with Gasteiger partial charge < -0.3 is 9.32 Å². The van der Waals surface area contributed by atoms with Gasteiger partial charge in [0.25, 0.3) is 0 Å². The lowest BCUT2D eigenvalue weighted by Gasteiger charge is -2.25. The third-order valence-electron chi connectivity index (χ3n) is 6.54. The molecule has 176 valence electrons. The van der Waals surface area contributed by atoms with E-state index >= 15 is 0 Å². The first kappa shape index (κ1) is 21.9. The second-order valence-corrected chi connectivity index (χ2v) is 9.19. The second-order valence-electron chi connectivity index (χ2n) is 9.19. The molecule has 2 aromatic heterocycles. The summed E-state index contributed by atoms with van der Waals surface area (Å²) in [6, 6.07) is 38.2.